The van der Waals surface area contributed by atoms with Crippen LogP contribution in [0.5, 0.6) is 0 Å². The number of hydrogen-bond donors (Lipinski definition) is 1. The van der Waals surface area contributed by atoms with Crippen molar-refractivity contribution in [3.63, 3.8) is 0 Å². The molecule has 8 nitrogen and oxygen atoms in total. The molecule has 0 aliphatic carbocycles. The molecule has 0 saturated carbocycles. The predicted molar refractivity (Wildman–Crippen MR) is 123 cm³/mol. The van der Waals surface area contributed by atoms with Crippen molar-refractivity contribution in [1.29, 1.82) is 0 Å². The fourth-order valence-corrected chi connectivity index (χ4v) is 4.58. The summed E-state index contributed by atoms with van der Waals surface area (Å²) >= 11 is 0. The fraction of sp³-hybridized carbons (Fsp3) is 0.261. The zero-order valence-corrected chi connectivity index (χ0v) is 18.6. The van der Waals surface area contributed by atoms with Crippen LogP contribution in [0.2, 0.25) is 0 Å². The highest BCUT2D eigenvalue weighted by Gasteiger charge is 2.23. The van der Waals surface area contributed by atoms with Crippen LogP contribution in [0.3, 0.4) is 0 Å². The number of aromatic amines is 1. The normalized spacial score (nSPS) is 17.1. The third-order valence-electron chi connectivity index (χ3n) is 5.65. The molecule has 1 saturated heterocycles. The van der Waals surface area contributed by atoms with Gasteiger partial charge in [0.05, 0.1) is 29.8 Å². The van der Waals surface area contributed by atoms with Gasteiger partial charge in [0.25, 0.3) is 0 Å². The zero-order chi connectivity index (χ0) is 22.3. The minimum absolute atomic E-state index is 0.177. The minimum Gasteiger partial charge on any atom is -0.377 e. The number of H-pyrrole nitrogens is 1. The number of fused-ring (bicyclic) bond motifs is 1. The average Bonchev–Trinajstić information content (AvgIpc) is 3.28. The van der Waals surface area contributed by atoms with Crippen LogP contribution in [0.25, 0.3) is 33.7 Å². The lowest BCUT2D eigenvalue weighted by Crippen LogP contribution is -2.44. The summed E-state index contributed by atoms with van der Waals surface area (Å²) in [4.78, 5) is 19.7. The van der Waals surface area contributed by atoms with Gasteiger partial charge >= 0.3 is 0 Å². The third kappa shape index (κ3) is 3.85. The average molecular weight is 450 g/mol. The van der Waals surface area contributed by atoms with E-state index in [9.17, 15) is 8.42 Å². The lowest BCUT2D eigenvalue weighted by molar-refractivity contribution is 0.0985. The molecular weight excluding hydrogens is 426 g/mol. The second-order valence-electron chi connectivity index (χ2n) is 7.95. The number of ether oxygens (including phenoxy) is 1. The molecule has 1 N–H and O–H groups in total. The largest absolute Gasteiger partial charge is 0.377 e. The molecule has 0 spiro atoms. The van der Waals surface area contributed by atoms with Gasteiger partial charge in [0.1, 0.15) is 11.5 Å². The van der Waals surface area contributed by atoms with E-state index >= 15 is 0 Å². The van der Waals surface area contributed by atoms with E-state index in [0.717, 1.165) is 40.2 Å². The predicted octanol–water partition coefficient (Wildman–Crippen LogP) is 3.32. The van der Waals surface area contributed by atoms with Gasteiger partial charge in [-0.1, -0.05) is 0 Å². The van der Waals surface area contributed by atoms with Crippen molar-refractivity contribution in [3.8, 4) is 22.6 Å². The molecule has 164 valence electrons. The lowest BCUT2D eigenvalue weighted by atomic mass is 10.1. The molecule has 0 unspecified atom stereocenters. The van der Waals surface area contributed by atoms with E-state index in [1.54, 1.807) is 30.5 Å². The van der Waals surface area contributed by atoms with Crippen LogP contribution in [0.1, 0.15) is 6.92 Å². The first-order chi connectivity index (χ1) is 15.4. The summed E-state index contributed by atoms with van der Waals surface area (Å²) in [5.74, 6) is 1.35. The number of pyridine rings is 1. The summed E-state index contributed by atoms with van der Waals surface area (Å²) in [5, 5.41) is 0.977. The number of aromatic nitrogens is 4. The Kier molecular flexibility index (Phi) is 5.15. The molecule has 1 aliphatic heterocycles. The van der Waals surface area contributed by atoms with Crippen molar-refractivity contribution >= 4 is 26.7 Å². The number of hydrogen-bond acceptors (Lipinski definition) is 7. The van der Waals surface area contributed by atoms with E-state index in [0.29, 0.717) is 19.0 Å². The molecule has 1 fully saturated rings. The van der Waals surface area contributed by atoms with Gasteiger partial charge < -0.3 is 14.6 Å². The highest BCUT2D eigenvalue weighted by molar-refractivity contribution is 7.90. The second kappa shape index (κ2) is 7.99. The number of morpholine rings is 1. The Balaban J connectivity index is 1.67. The summed E-state index contributed by atoms with van der Waals surface area (Å²) in [7, 11) is -3.28. The molecule has 1 aliphatic rings. The Morgan fingerprint density at radius 3 is 2.69 bits per heavy atom. The molecule has 5 rings (SSSR count). The number of nitrogens with zero attached hydrogens (tertiary/aromatic N) is 4. The van der Waals surface area contributed by atoms with Gasteiger partial charge in [-0.15, -0.1) is 0 Å². The van der Waals surface area contributed by atoms with Gasteiger partial charge in [-0.25, -0.2) is 23.4 Å². The van der Waals surface area contributed by atoms with Crippen LogP contribution in [0.15, 0.2) is 59.8 Å². The first-order valence-corrected chi connectivity index (χ1v) is 12.3. The number of sulfone groups is 1. The highest BCUT2D eigenvalue weighted by Crippen LogP contribution is 2.31. The van der Waals surface area contributed by atoms with E-state index in [1.165, 1.54) is 6.26 Å². The number of nitrogens with one attached hydrogen (secondary N) is 1. The molecule has 0 radical (unpaired) electrons. The highest BCUT2D eigenvalue weighted by atomic mass is 32.2. The Morgan fingerprint density at radius 1 is 1.12 bits per heavy atom. The standard InChI is InChI=1S/C23H23N5O3S/c1-15-14-31-12-11-28(15)21-13-20(18-7-9-24-23-19(18)8-10-25-23)26-22(27-21)16-3-5-17(6-4-16)32(2,29)30/h3-10,13,15H,11-12,14H2,1-2H3,(H,24,25)/t15-/m1/s1. The first-order valence-electron chi connectivity index (χ1n) is 10.4. The SMILES string of the molecule is C[C@@H]1COCCN1c1cc(-c2ccnc3[nH]ccc23)nc(-c2ccc(S(C)(=O)=O)cc2)n1. The molecule has 9 heteroatoms. The summed E-state index contributed by atoms with van der Waals surface area (Å²) in [6.07, 6.45) is 4.81. The first kappa shape index (κ1) is 20.6. The van der Waals surface area contributed by atoms with Gasteiger partial charge in [-0.05, 0) is 43.3 Å². The summed E-state index contributed by atoms with van der Waals surface area (Å²) in [6.45, 7) is 4.12. The van der Waals surface area contributed by atoms with Crippen LogP contribution in [0, 0.1) is 0 Å². The van der Waals surface area contributed by atoms with E-state index in [4.69, 9.17) is 14.7 Å². The van der Waals surface area contributed by atoms with Crippen molar-refractivity contribution < 1.29 is 13.2 Å². The molecule has 1 atom stereocenters. The van der Waals surface area contributed by atoms with Crippen molar-refractivity contribution in [2.45, 2.75) is 17.9 Å². The van der Waals surface area contributed by atoms with Crippen molar-refractivity contribution in [2.24, 2.45) is 0 Å². The maximum absolute atomic E-state index is 11.9. The maximum atomic E-state index is 11.9. The molecular formula is C23H23N5O3S. The Morgan fingerprint density at radius 2 is 1.94 bits per heavy atom. The Hall–Kier alpha value is -3.30. The van der Waals surface area contributed by atoms with Gasteiger partial charge in [-0.3, -0.25) is 0 Å². The minimum atomic E-state index is -3.28. The van der Waals surface area contributed by atoms with Crippen LogP contribution < -0.4 is 4.90 Å². The molecule has 4 heterocycles. The quantitative estimate of drug-likeness (QED) is 0.510. The third-order valence-corrected chi connectivity index (χ3v) is 6.78. The van der Waals surface area contributed by atoms with Crippen LogP contribution in [-0.4, -0.2) is 60.4 Å². The van der Waals surface area contributed by atoms with E-state index in [2.05, 4.69) is 21.8 Å². The summed E-state index contributed by atoms with van der Waals surface area (Å²) in [6, 6.07) is 12.8. The maximum Gasteiger partial charge on any atom is 0.175 e. The molecule has 3 aromatic heterocycles. The Bertz CT molecular complexity index is 1380. The monoisotopic (exact) mass is 449 g/mol. The van der Waals surface area contributed by atoms with E-state index < -0.39 is 9.84 Å². The Labute approximate surface area is 186 Å². The molecule has 0 bridgehead atoms. The number of anilines is 1. The smallest absolute Gasteiger partial charge is 0.175 e. The van der Waals surface area contributed by atoms with Crippen LogP contribution in [0.4, 0.5) is 5.82 Å². The van der Waals surface area contributed by atoms with Crippen molar-refractivity contribution in [2.75, 3.05) is 30.9 Å². The second-order valence-corrected chi connectivity index (χ2v) is 9.96. The topological polar surface area (TPSA) is 101 Å². The number of benzene rings is 1. The van der Waals surface area contributed by atoms with Crippen LogP contribution >= 0.6 is 0 Å². The fourth-order valence-electron chi connectivity index (χ4n) is 3.95. The van der Waals surface area contributed by atoms with Crippen molar-refractivity contribution in [1.82, 2.24) is 19.9 Å². The molecule has 1 aromatic carbocycles. The molecule has 0 amide bonds. The zero-order valence-electron chi connectivity index (χ0n) is 17.8. The summed E-state index contributed by atoms with van der Waals surface area (Å²) in [5.41, 5.74) is 3.28. The lowest BCUT2D eigenvalue weighted by Gasteiger charge is -2.34. The van der Waals surface area contributed by atoms with Crippen LogP contribution in [-0.2, 0) is 14.6 Å². The van der Waals surface area contributed by atoms with Gasteiger partial charge in [0.2, 0.25) is 0 Å². The van der Waals surface area contributed by atoms with Crippen molar-refractivity contribution in [3.05, 3.63) is 54.9 Å². The molecule has 32 heavy (non-hydrogen) atoms. The van der Waals surface area contributed by atoms with Gasteiger partial charge in [0, 0.05) is 47.8 Å². The van der Waals surface area contributed by atoms with Gasteiger partial charge in [-0.2, -0.15) is 0 Å². The van der Waals surface area contributed by atoms with Gasteiger partial charge in [0.15, 0.2) is 15.7 Å². The summed E-state index contributed by atoms with van der Waals surface area (Å²) < 4.78 is 29.3. The van der Waals surface area contributed by atoms with E-state index in [-0.39, 0.29) is 10.9 Å². The molecule has 4 aromatic rings. The number of rotatable bonds is 4. The van der Waals surface area contributed by atoms with E-state index in [1.807, 2.05) is 24.4 Å².